The predicted octanol–water partition coefficient (Wildman–Crippen LogP) is 4.07. The molecule has 1 aromatic carbocycles. The van der Waals surface area contributed by atoms with E-state index in [4.69, 9.17) is 5.73 Å². The van der Waals surface area contributed by atoms with Crippen molar-refractivity contribution in [2.24, 2.45) is 5.73 Å². The summed E-state index contributed by atoms with van der Waals surface area (Å²) in [6.45, 7) is 4.22. The van der Waals surface area contributed by atoms with E-state index in [9.17, 15) is 4.39 Å². The van der Waals surface area contributed by atoms with Gasteiger partial charge in [-0.25, -0.2) is 4.39 Å². The summed E-state index contributed by atoms with van der Waals surface area (Å²) in [6, 6.07) is 5.62. The lowest BCUT2D eigenvalue weighted by Gasteiger charge is -2.38. The molecule has 17 heavy (non-hydrogen) atoms. The zero-order chi connectivity index (χ0) is 12.5. The van der Waals surface area contributed by atoms with Gasteiger partial charge in [0, 0.05) is 5.54 Å². The summed E-state index contributed by atoms with van der Waals surface area (Å²) in [5.74, 6) is 0.257. The van der Waals surface area contributed by atoms with Crippen LogP contribution in [-0.4, -0.2) is 0 Å². The van der Waals surface area contributed by atoms with Crippen molar-refractivity contribution in [3.63, 3.8) is 0 Å². The van der Waals surface area contributed by atoms with E-state index < -0.39 is 0 Å². The van der Waals surface area contributed by atoms with E-state index in [1.54, 1.807) is 6.07 Å². The predicted molar refractivity (Wildman–Crippen MR) is 69.4 cm³/mol. The first kappa shape index (κ1) is 12.6. The minimum atomic E-state index is -0.257. The van der Waals surface area contributed by atoms with Gasteiger partial charge in [0.15, 0.2) is 0 Å². The van der Waals surface area contributed by atoms with Crippen LogP contribution in [0, 0.1) is 5.82 Å². The Balaban J connectivity index is 2.28. The highest BCUT2D eigenvalue weighted by atomic mass is 19.1. The number of nitrogens with two attached hydrogens (primary N) is 1. The second-order valence-corrected chi connectivity index (χ2v) is 5.26. The van der Waals surface area contributed by atoms with E-state index in [1.165, 1.54) is 0 Å². The zero-order valence-electron chi connectivity index (χ0n) is 10.8. The molecule has 2 rings (SSSR count). The van der Waals surface area contributed by atoms with Gasteiger partial charge < -0.3 is 5.73 Å². The van der Waals surface area contributed by atoms with Gasteiger partial charge in [0.1, 0.15) is 5.82 Å². The number of benzene rings is 1. The lowest BCUT2D eigenvalue weighted by atomic mass is 9.72. The van der Waals surface area contributed by atoms with Crippen LogP contribution in [-0.2, 0) is 5.54 Å². The van der Waals surface area contributed by atoms with Gasteiger partial charge in [0.2, 0.25) is 0 Å². The van der Waals surface area contributed by atoms with Crippen molar-refractivity contribution in [3.05, 3.63) is 35.1 Å². The Labute approximate surface area is 103 Å². The molecule has 0 heterocycles. The lowest BCUT2D eigenvalue weighted by molar-refractivity contribution is 0.252. The molecule has 0 bridgehead atoms. The van der Waals surface area contributed by atoms with Crippen LogP contribution in [0.2, 0.25) is 0 Å². The standard InChI is InChI=1S/C15H22FN/c1-3-11(4-2)13-7-6-12(10-14(13)16)15(17)8-5-9-15/h6-7,10-11H,3-5,8-9,17H2,1-2H3. The maximum Gasteiger partial charge on any atom is 0.127 e. The fourth-order valence-electron chi connectivity index (χ4n) is 2.74. The summed E-state index contributed by atoms with van der Waals surface area (Å²) in [7, 11) is 0. The minimum absolute atomic E-state index is 0.0760. The maximum atomic E-state index is 14.1. The molecule has 1 nitrogen and oxygen atoms in total. The van der Waals surface area contributed by atoms with Gasteiger partial charge in [0.05, 0.1) is 0 Å². The van der Waals surface area contributed by atoms with Crippen molar-refractivity contribution in [2.45, 2.75) is 57.4 Å². The SMILES string of the molecule is CCC(CC)c1ccc(C2(N)CCC2)cc1F. The van der Waals surface area contributed by atoms with Crippen molar-refractivity contribution >= 4 is 0 Å². The van der Waals surface area contributed by atoms with Crippen molar-refractivity contribution in [3.8, 4) is 0 Å². The van der Waals surface area contributed by atoms with Crippen molar-refractivity contribution in [2.75, 3.05) is 0 Å². The van der Waals surface area contributed by atoms with Crippen molar-refractivity contribution < 1.29 is 4.39 Å². The monoisotopic (exact) mass is 235 g/mol. The molecule has 0 unspecified atom stereocenters. The third-order valence-corrected chi connectivity index (χ3v) is 4.25. The Hall–Kier alpha value is -0.890. The molecule has 0 aliphatic heterocycles. The van der Waals surface area contributed by atoms with Gasteiger partial charge in [-0.15, -0.1) is 0 Å². The molecule has 0 spiro atoms. The highest BCUT2D eigenvalue weighted by Gasteiger charge is 2.34. The molecule has 2 N–H and O–H groups in total. The normalized spacial score (nSPS) is 18.2. The first-order chi connectivity index (χ1) is 8.10. The van der Waals surface area contributed by atoms with E-state index in [0.29, 0.717) is 5.92 Å². The summed E-state index contributed by atoms with van der Waals surface area (Å²) < 4.78 is 14.1. The summed E-state index contributed by atoms with van der Waals surface area (Å²) in [5, 5.41) is 0. The van der Waals surface area contributed by atoms with Crippen LogP contribution in [0.3, 0.4) is 0 Å². The van der Waals surface area contributed by atoms with Gasteiger partial charge in [-0.2, -0.15) is 0 Å². The third kappa shape index (κ3) is 2.23. The average Bonchev–Trinajstić information content (AvgIpc) is 2.29. The van der Waals surface area contributed by atoms with Gasteiger partial charge in [0.25, 0.3) is 0 Å². The highest BCUT2D eigenvalue weighted by molar-refractivity contribution is 5.33. The molecular formula is C15H22FN. The molecule has 1 aromatic rings. The number of hydrogen-bond donors (Lipinski definition) is 1. The van der Waals surface area contributed by atoms with Crippen LogP contribution < -0.4 is 5.73 Å². The topological polar surface area (TPSA) is 26.0 Å². The average molecular weight is 235 g/mol. The Morgan fingerprint density at radius 3 is 2.35 bits per heavy atom. The van der Waals surface area contributed by atoms with Crippen LogP contribution in [0.5, 0.6) is 0 Å². The van der Waals surface area contributed by atoms with E-state index in [-0.39, 0.29) is 11.4 Å². The summed E-state index contributed by atoms with van der Waals surface area (Å²) in [6.07, 6.45) is 5.10. The second-order valence-electron chi connectivity index (χ2n) is 5.26. The number of hydrogen-bond acceptors (Lipinski definition) is 1. The molecule has 0 saturated heterocycles. The Kier molecular flexibility index (Phi) is 3.53. The smallest absolute Gasteiger partial charge is 0.127 e. The molecule has 1 saturated carbocycles. The summed E-state index contributed by atoms with van der Waals surface area (Å²) >= 11 is 0. The van der Waals surface area contributed by atoms with Crippen LogP contribution >= 0.6 is 0 Å². The quantitative estimate of drug-likeness (QED) is 0.836. The fraction of sp³-hybridized carbons (Fsp3) is 0.600. The van der Waals surface area contributed by atoms with Crippen LogP contribution in [0.1, 0.15) is 63.0 Å². The Morgan fingerprint density at radius 2 is 1.94 bits per heavy atom. The van der Waals surface area contributed by atoms with Crippen LogP contribution in [0.25, 0.3) is 0 Å². The fourth-order valence-corrected chi connectivity index (χ4v) is 2.74. The van der Waals surface area contributed by atoms with Gasteiger partial charge in [-0.05, 0) is 55.2 Å². The lowest BCUT2D eigenvalue weighted by Crippen LogP contribution is -2.43. The molecule has 94 valence electrons. The van der Waals surface area contributed by atoms with Crippen molar-refractivity contribution in [1.29, 1.82) is 0 Å². The molecule has 0 aromatic heterocycles. The minimum Gasteiger partial charge on any atom is -0.321 e. The molecule has 1 aliphatic rings. The van der Waals surface area contributed by atoms with Gasteiger partial charge in [-0.1, -0.05) is 26.0 Å². The van der Waals surface area contributed by atoms with E-state index in [2.05, 4.69) is 13.8 Å². The number of halogens is 1. The maximum absolute atomic E-state index is 14.1. The molecule has 0 atom stereocenters. The second kappa shape index (κ2) is 4.77. The van der Waals surface area contributed by atoms with Crippen LogP contribution in [0.4, 0.5) is 4.39 Å². The Morgan fingerprint density at radius 1 is 1.29 bits per heavy atom. The van der Waals surface area contributed by atoms with E-state index in [1.807, 2.05) is 12.1 Å². The van der Waals surface area contributed by atoms with Crippen molar-refractivity contribution in [1.82, 2.24) is 0 Å². The van der Waals surface area contributed by atoms with Gasteiger partial charge in [-0.3, -0.25) is 0 Å². The van der Waals surface area contributed by atoms with E-state index in [0.717, 1.165) is 43.2 Å². The number of rotatable bonds is 4. The largest absolute Gasteiger partial charge is 0.321 e. The van der Waals surface area contributed by atoms with Crippen LogP contribution in [0.15, 0.2) is 18.2 Å². The molecular weight excluding hydrogens is 213 g/mol. The summed E-state index contributed by atoms with van der Waals surface area (Å²) in [4.78, 5) is 0. The molecule has 0 amide bonds. The Bertz CT molecular complexity index is 392. The first-order valence-corrected chi connectivity index (χ1v) is 6.69. The molecule has 0 radical (unpaired) electrons. The molecule has 1 aliphatic carbocycles. The highest BCUT2D eigenvalue weighted by Crippen LogP contribution is 2.39. The molecule has 1 fully saturated rings. The zero-order valence-corrected chi connectivity index (χ0v) is 10.8. The van der Waals surface area contributed by atoms with E-state index >= 15 is 0 Å². The third-order valence-electron chi connectivity index (χ3n) is 4.25. The van der Waals surface area contributed by atoms with Gasteiger partial charge >= 0.3 is 0 Å². The first-order valence-electron chi connectivity index (χ1n) is 6.69. The molecule has 2 heteroatoms. The summed E-state index contributed by atoms with van der Waals surface area (Å²) in [5.41, 5.74) is 7.78.